The van der Waals surface area contributed by atoms with Crippen LogP contribution in [0.2, 0.25) is 0 Å². The Kier molecular flexibility index (Phi) is 4.31. The number of esters is 1. The summed E-state index contributed by atoms with van der Waals surface area (Å²) in [5.74, 6) is 0.423. The van der Waals surface area contributed by atoms with Crippen molar-refractivity contribution in [1.29, 1.82) is 0 Å². The Morgan fingerprint density at radius 1 is 1.27 bits per heavy atom. The number of carbonyl (C=O) groups excluding carboxylic acids is 1. The van der Waals surface area contributed by atoms with Crippen molar-refractivity contribution in [3.8, 4) is 5.75 Å². The smallest absolute Gasteiger partial charge is 0.366 e. The van der Waals surface area contributed by atoms with Gasteiger partial charge in [0.1, 0.15) is 10.9 Å². The van der Waals surface area contributed by atoms with E-state index in [-0.39, 0.29) is 11.6 Å². The van der Waals surface area contributed by atoms with Gasteiger partial charge in [0.25, 0.3) is 0 Å². The fourth-order valence-electron chi connectivity index (χ4n) is 2.20. The van der Waals surface area contributed by atoms with Gasteiger partial charge in [-0.2, -0.15) is 0 Å². The van der Waals surface area contributed by atoms with Crippen LogP contribution in [-0.4, -0.2) is 50.2 Å². The summed E-state index contributed by atoms with van der Waals surface area (Å²) in [6.07, 6.45) is 0. The summed E-state index contributed by atoms with van der Waals surface area (Å²) >= 11 is 6.28. The molecule has 6 nitrogen and oxygen atoms in total. The highest BCUT2D eigenvalue weighted by Crippen LogP contribution is 2.25. The molecule has 0 atom stereocenters. The molecule has 0 radical (unpaired) electrons. The van der Waals surface area contributed by atoms with Crippen molar-refractivity contribution in [2.45, 2.75) is 0 Å². The summed E-state index contributed by atoms with van der Waals surface area (Å²) in [5, 5.41) is 0.303. The number of morpholine rings is 1. The summed E-state index contributed by atoms with van der Waals surface area (Å²) < 4.78 is 15.6. The van der Waals surface area contributed by atoms with Crippen molar-refractivity contribution in [3.63, 3.8) is 0 Å². The van der Waals surface area contributed by atoms with Crippen molar-refractivity contribution in [2.75, 3.05) is 33.4 Å². The molecule has 0 unspecified atom stereocenters. The molecule has 0 aromatic heterocycles. The van der Waals surface area contributed by atoms with Crippen molar-refractivity contribution < 1.29 is 19.0 Å². The summed E-state index contributed by atoms with van der Waals surface area (Å²) in [6, 6.07) is 7.10. The number of carbonyl (C=O) groups is 1. The lowest BCUT2D eigenvalue weighted by atomic mass is 10.2. The van der Waals surface area contributed by atoms with Gasteiger partial charge in [-0.15, -0.1) is 0 Å². The molecule has 0 spiro atoms. The van der Waals surface area contributed by atoms with Gasteiger partial charge in [-0.25, -0.2) is 9.79 Å². The first kappa shape index (κ1) is 14.9. The number of benzene rings is 1. The molecule has 2 aliphatic heterocycles. The molecule has 116 valence electrons. The molecule has 1 saturated heterocycles. The van der Waals surface area contributed by atoms with Crippen LogP contribution in [0.3, 0.4) is 0 Å². The van der Waals surface area contributed by atoms with Gasteiger partial charge in [-0.1, -0.05) is 11.6 Å². The molecule has 1 fully saturated rings. The van der Waals surface area contributed by atoms with Gasteiger partial charge in [-0.05, 0) is 24.3 Å². The topological polar surface area (TPSA) is 60.4 Å². The number of ether oxygens (including phenoxy) is 3. The van der Waals surface area contributed by atoms with Gasteiger partial charge < -0.3 is 19.1 Å². The molecule has 1 aromatic carbocycles. The number of halogens is 1. The molecule has 0 amide bonds. The minimum Gasteiger partial charge on any atom is -0.497 e. The number of hydrogen-bond donors (Lipinski definition) is 0. The second-order valence-electron chi connectivity index (χ2n) is 4.77. The maximum absolute atomic E-state index is 12.0. The SMILES string of the molecule is COc1ccc(C2=N/C(=C(/Cl)N3CCOCC3)C(=O)O2)cc1. The van der Waals surface area contributed by atoms with E-state index in [1.54, 1.807) is 31.4 Å². The number of hydrogen-bond acceptors (Lipinski definition) is 6. The zero-order valence-electron chi connectivity index (χ0n) is 12.0. The van der Waals surface area contributed by atoms with Gasteiger partial charge >= 0.3 is 5.97 Å². The first-order chi connectivity index (χ1) is 10.7. The molecule has 0 N–H and O–H groups in total. The fraction of sp³-hybridized carbons (Fsp3) is 0.333. The second-order valence-corrected chi connectivity index (χ2v) is 5.13. The van der Waals surface area contributed by atoms with E-state index >= 15 is 0 Å². The largest absolute Gasteiger partial charge is 0.497 e. The predicted molar refractivity (Wildman–Crippen MR) is 80.9 cm³/mol. The Labute approximate surface area is 132 Å². The summed E-state index contributed by atoms with van der Waals surface area (Å²) in [4.78, 5) is 18.1. The fourth-order valence-corrected chi connectivity index (χ4v) is 2.49. The standard InChI is InChI=1S/C15H15ClN2O4/c1-20-11-4-2-10(3-5-11)14-17-12(15(19)22-14)13(16)18-6-8-21-9-7-18/h2-5H,6-9H2,1H3/b13-12-. The third-order valence-electron chi connectivity index (χ3n) is 3.42. The second kappa shape index (κ2) is 6.37. The molecule has 0 bridgehead atoms. The van der Waals surface area contributed by atoms with E-state index in [4.69, 9.17) is 25.8 Å². The van der Waals surface area contributed by atoms with E-state index in [0.29, 0.717) is 37.0 Å². The summed E-state index contributed by atoms with van der Waals surface area (Å²) in [6.45, 7) is 2.41. The quantitative estimate of drug-likeness (QED) is 0.482. The van der Waals surface area contributed by atoms with Crippen LogP contribution < -0.4 is 4.74 Å². The molecule has 0 aliphatic carbocycles. The van der Waals surface area contributed by atoms with Crippen LogP contribution in [0.1, 0.15) is 5.56 Å². The summed E-state index contributed by atoms with van der Waals surface area (Å²) in [7, 11) is 1.59. The highest BCUT2D eigenvalue weighted by atomic mass is 35.5. The van der Waals surface area contributed by atoms with Crippen molar-refractivity contribution in [1.82, 2.24) is 4.90 Å². The highest BCUT2D eigenvalue weighted by Gasteiger charge is 2.29. The van der Waals surface area contributed by atoms with Crippen LogP contribution in [0.15, 0.2) is 40.1 Å². The van der Waals surface area contributed by atoms with E-state index < -0.39 is 5.97 Å². The monoisotopic (exact) mass is 322 g/mol. The van der Waals surface area contributed by atoms with Gasteiger partial charge in [-0.3, -0.25) is 0 Å². The Hall–Kier alpha value is -2.05. The van der Waals surface area contributed by atoms with Gasteiger partial charge in [0.2, 0.25) is 5.90 Å². The highest BCUT2D eigenvalue weighted by molar-refractivity contribution is 6.32. The molecular weight excluding hydrogens is 308 g/mol. The first-order valence-electron chi connectivity index (χ1n) is 6.87. The average molecular weight is 323 g/mol. The van der Waals surface area contributed by atoms with E-state index in [2.05, 4.69) is 4.99 Å². The van der Waals surface area contributed by atoms with Crippen LogP contribution >= 0.6 is 11.6 Å². The number of nitrogens with zero attached hydrogens (tertiary/aromatic N) is 2. The zero-order valence-corrected chi connectivity index (χ0v) is 12.8. The van der Waals surface area contributed by atoms with Crippen molar-refractivity contribution >= 4 is 23.5 Å². The maximum Gasteiger partial charge on any atom is 0.366 e. The minimum absolute atomic E-state index is 0.134. The van der Waals surface area contributed by atoms with Gasteiger partial charge in [0.15, 0.2) is 5.70 Å². The molecule has 1 aromatic rings. The Morgan fingerprint density at radius 3 is 2.59 bits per heavy atom. The Morgan fingerprint density at radius 2 is 1.95 bits per heavy atom. The molecule has 22 heavy (non-hydrogen) atoms. The lowest BCUT2D eigenvalue weighted by molar-refractivity contribution is -0.130. The van der Waals surface area contributed by atoms with Gasteiger partial charge in [0.05, 0.1) is 20.3 Å². The molecule has 2 aliphatic rings. The third-order valence-corrected chi connectivity index (χ3v) is 3.84. The first-order valence-corrected chi connectivity index (χ1v) is 7.24. The van der Waals surface area contributed by atoms with Crippen LogP contribution in [0.4, 0.5) is 0 Å². The minimum atomic E-state index is -0.540. The average Bonchev–Trinajstić information content (AvgIpc) is 2.97. The van der Waals surface area contributed by atoms with Crippen LogP contribution in [0, 0.1) is 0 Å². The molecule has 7 heteroatoms. The normalized spacial score (nSPS) is 20.5. The van der Waals surface area contributed by atoms with Crippen LogP contribution in [0.25, 0.3) is 0 Å². The van der Waals surface area contributed by atoms with Crippen molar-refractivity contribution in [3.05, 3.63) is 40.7 Å². The molecule has 3 rings (SSSR count). The zero-order chi connectivity index (χ0) is 15.5. The number of aliphatic imine (C=N–C) groups is 1. The number of methoxy groups -OCH3 is 1. The Balaban J connectivity index is 1.86. The van der Waals surface area contributed by atoms with Crippen molar-refractivity contribution in [2.24, 2.45) is 4.99 Å². The van der Waals surface area contributed by atoms with E-state index in [9.17, 15) is 4.79 Å². The lowest BCUT2D eigenvalue weighted by Gasteiger charge is -2.27. The molecular formula is C15H15ClN2O4. The van der Waals surface area contributed by atoms with Gasteiger partial charge in [0, 0.05) is 18.7 Å². The van der Waals surface area contributed by atoms with E-state index in [1.807, 2.05) is 4.90 Å². The third kappa shape index (κ3) is 2.93. The lowest BCUT2D eigenvalue weighted by Crippen LogP contribution is -2.35. The predicted octanol–water partition coefficient (Wildman–Crippen LogP) is 1.74. The number of rotatable bonds is 3. The van der Waals surface area contributed by atoms with Crippen LogP contribution in [-0.2, 0) is 14.3 Å². The molecule has 2 heterocycles. The summed E-state index contributed by atoms with van der Waals surface area (Å²) in [5.41, 5.74) is 0.824. The Bertz CT molecular complexity index is 633. The van der Waals surface area contributed by atoms with Crippen LogP contribution in [0.5, 0.6) is 5.75 Å². The van der Waals surface area contributed by atoms with E-state index in [1.165, 1.54) is 0 Å². The number of cyclic esters (lactones) is 1. The molecule has 0 saturated carbocycles. The van der Waals surface area contributed by atoms with E-state index in [0.717, 1.165) is 5.75 Å². The maximum atomic E-state index is 12.0.